The Bertz CT molecular complexity index is 983. The van der Waals surface area contributed by atoms with Gasteiger partial charge in [0.1, 0.15) is 5.82 Å². The summed E-state index contributed by atoms with van der Waals surface area (Å²) >= 11 is 0. The van der Waals surface area contributed by atoms with Crippen molar-refractivity contribution in [2.24, 2.45) is 0 Å². The lowest BCUT2D eigenvalue weighted by Crippen LogP contribution is -2.32. The summed E-state index contributed by atoms with van der Waals surface area (Å²) in [6.45, 7) is 3.81. The molecule has 0 unspecified atom stereocenters. The fraction of sp³-hybridized carbons (Fsp3) is 0.200. The van der Waals surface area contributed by atoms with Gasteiger partial charge in [-0.1, -0.05) is 18.2 Å². The molecule has 4 rings (SSSR count). The number of carbonyl (C=O) groups is 2. The normalized spacial score (nSPS) is 13.8. The molecule has 0 aliphatic carbocycles. The van der Waals surface area contributed by atoms with E-state index < -0.39 is 0 Å². The van der Waals surface area contributed by atoms with Crippen molar-refractivity contribution in [1.29, 1.82) is 0 Å². The molecule has 0 atom stereocenters. The summed E-state index contributed by atoms with van der Waals surface area (Å²) in [5.41, 5.74) is 1.76. The van der Waals surface area contributed by atoms with Crippen LogP contribution in [-0.2, 0) is 6.54 Å². The van der Waals surface area contributed by atoms with Crippen LogP contribution in [0.3, 0.4) is 0 Å². The predicted molar refractivity (Wildman–Crippen MR) is 107 cm³/mol. The van der Waals surface area contributed by atoms with Crippen molar-refractivity contribution >= 4 is 29.1 Å². The summed E-state index contributed by atoms with van der Waals surface area (Å²) in [5, 5.41) is 6.95. The zero-order valence-electron chi connectivity index (χ0n) is 15.4. The maximum absolute atomic E-state index is 12.7. The number of amides is 3. The number of nitrogens with zero attached hydrogens (tertiary/aromatic N) is 5. The highest BCUT2D eigenvalue weighted by atomic mass is 16.2. The van der Waals surface area contributed by atoms with E-state index in [1.54, 1.807) is 45.1 Å². The summed E-state index contributed by atoms with van der Waals surface area (Å²) in [5.74, 6) is 0.256. The van der Waals surface area contributed by atoms with E-state index in [-0.39, 0.29) is 11.9 Å². The second-order valence-electron chi connectivity index (χ2n) is 6.34. The van der Waals surface area contributed by atoms with Crippen molar-refractivity contribution in [3.05, 3.63) is 66.6 Å². The van der Waals surface area contributed by atoms with Crippen LogP contribution in [-0.4, -0.2) is 39.8 Å². The van der Waals surface area contributed by atoms with Gasteiger partial charge in [-0.3, -0.25) is 19.3 Å². The van der Waals surface area contributed by atoms with Gasteiger partial charge in [-0.15, -0.1) is 0 Å². The van der Waals surface area contributed by atoms with E-state index >= 15 is 0 Å². The van der Waals surface area contributed by atoms with Crippen LogP contribution in [0.1, 0.15) is 17.4 Å². The first kappa shape index (κ1) is 17.7. The molecule has 1 aliphatic rings. The Morgan fingerprint density at radius 3 is 2.54 bits per heavy atom. The summed E-state index contributed by atoms with van der Waals surface area (Å²) in [7, 11) is 0. The number of rotatable bonds is 5. The Labute approximate surface area is 162 Å². The monoisotopic (exact) mass is 376 g/mol. The standard InChI is InChI=1S/C20H20N6O2/c1-2-24-11-10-17(23-24)19(27)22-15-8-9-18(21-14-15)26-13-12-25(20(26)28)16-6-4-3-5-7-16/h3-11,14H,2,12-13H2,1H3,(H,22,27). The SMILES string of the molecule is CCn1ccc(C(=O)Nc2ccc(N3CCN(c4ccccc4)C3=O)nc2)n1. The van der Waals surface area contributed by atoms with Crippen molar-refractivity contribution in [3.8, 4) is 0 Å². The third-order valence-electron chi connectivity index (χ3n) is 4.56. The lowest BCUT2D eigenvalue weighted by Gasteiger charge is -2.18. The number of hydrogen-bond donors (Lipinski definition) is 1. The molecule has 1 aliphatic heterocycles. The van der Waals surface area contributed by atoms with E-state index in [9.17, 15) is 9.59 Å². The second-order valence-corrected chi connectivity index (χ2v) is 6.34. The van der Waals surface area contributed by atoms with Crippen molar-refractivity contribution in [3.63, 3.8) is 0 Å². The first-order valence-corrected chi connectivity index (χ1v) is 9.10. The van der Waals surface area contributed by atoms with E-state index in [2.05, 4.69) is 15.4 Å². The minimum Gasteiger partial charge on any atom is -0.319 e. The van der Waals surface area contributed by atoms with Gasteiger partial charge in [0.2, 0.25) is 0 Å². The Kier molecular flexibility index (Phi) is 4.76. The van der Waals surface area contributed by atoms with Crippen molar-refractivity contribution in [1.82, 2.24) is 14.8 Å². The third kappa shape index (κ3) is 3.44. The highest BCUT2D eigenvalue weighted by Gasteiger charge is 2.31. The average molecular weight is 376 g/mol. The Balaban J connectivity index is 1.43. The summed E-state index contributed by atoms with van der Waals surface area (Å²) in [4.78, 5) is 32.7. The largest absolute Gasteiger partial charge is 0.330 e. The van der Waals surface area contributed by atoms with Gasteiger partial charge in [0.05, 0.1) is 11.9 Å². The van der Waals surface area contributed by atoms with Crippen molar-refractivity contribution < 1.29 is 9.59 Å². The first-order valence-electron chi connectivity index (χ1n) is 9.10. The Morgan fingerprint density at radius 1 is 1.07 bits per heavy atom. The lowest BCUT2D eigenvalue weighted by atomic mass is 10.3. The molecule has 0 bridgehead atoms. The van der Waals surface area contributed by atoms with Gasteiger partial charge >= 0.3 is 6.03 Å². The first-order chi connectivity index (χ1) is 13.7. The number of aryl methyl sites for hydroxylation is 1. The van der Waals surface area contributed by atoms with Crippen LogP contribution < -0.4 is 15.1 Å². The molecule has 1 N–H and O–H groups in total. The number of carbonyl (C=O) groups excluding carboxylic acids is 2. The van der Waals surface area contributed by atoms with E-state index in [0.29, 0.717) is 36.8 Å². The van der Waals surface area contributed by atoms with Gasteiger partial charge in [-0.2, -0.15) is 5.10 Å². The maximum atomic E-state index is 12.7. The second kappa shape index (κ2) is 7.51. The molecule has 8 nitrogen and oxygen atoms in total. The molecule has 0 radical (unpaired) electrons. The number of hydrogen-bond acceptors (Lipinski definition) is 4. The molecule has 3 aromatic rings. The molecule has 28 heavy (non-hydrogen) atoms. The van der Waals surface area contributed by atoms with Crippen molar-refractivity contribution in [2.45, 2.75) is 13.5 Å². The molecule has 0 saturated carbocycles. The maximum Gasteiger partial charge on any atom is 0.330 e. The number of benzene rings is 1. The summed E-state index contributed by atoms with van der Waals surface area (Å²) < 4.78 is 1.69. The zero-order valence-corrected chi connectivity index (χ0v) is 15.4. The lowest BCUT2D eigenvalue weighted by molar-refractivity contribution is 0.102. The van der Waals surface area contributed by atoms with Gasteiger partial charge in [-0.05, 0) is 37.3 Å². The van der Waals surface area contributed by atoms with Crippen LogP contribution in [0.5, 0.6) is 0 Å². The van der Waals surface area contributed by atoms with Crippen LogP contribution in [0.25, 0.3) is 0 Å². The summed E-state index contributed by atoms with van der Waals surface area (Å²) in [6.07, 6.45) is 3.30. The third-order valence-corrected chi connectivity index (χ3v) is 4.56. The molecule has 2 aromatic heterocycles. The number of pyridine rings is 1. The van der Waals surface area contributed by atoms with E-state index in [1.165, 1.54) is 0 Å². The molecule has 1 aromatic carbocycles. The molecule has 0 spiro atoms. The molecular weight excluding hydrogens is 356 g/mol. The van der Waals surface area contributed by atoms with Crippen LogP contribution in [0.2, 0.25) is 0 Å². The quantitative estimate of drug-likeness (QED) is 0.742. The Morgan fingerprint density at radius 2 is 1.86 bits per heavy atom. The van der Waals surface area contributed by atoms with Gasteiger partial charge in [0, 0.05) is 31.5 Å². The van der Waals surface area contributed by atoms with E-state index in [4.69, 9.17) is 0 Å². The Hall–Kier alpha value is -3.68. The zero-order chi connectivity index (χ0) is 19.5. The fourth-order valence-electron chi connectivity index (χ4n) is 3.07. The number of urea groups is 1. The fourth-order valence-corrected chi connectivity index (χ4v) is 3.07. The number of para-hydroxylation sites is 1. The van der Waals surface area contributed by atoms with E-state index in [0.717, 1.165) is 5.69 Å². The number of aromatic nitrogens is 3. The minimum atomic E-state index is -0.297. The number of nitrogens with one attached hydrogen (secondary N) is 1. The molecule has 1 saturated heterocycles. The van der Waals surface area contributed by atoms with Crippen LogP contribution in [0, 0.1) is 0 Å². The molecular formula is C20H20N6O2. The van der Waals surface area contributed by atoms with Crippen LogP contribution >= 0.6 is 0 Å². The van der Waals surface area contributed by atoms with E-state index in [1.807, 2.05) is 37.3 Å². The molecule has 1 fully saturated rings. The average Bonchev–Trinajstić information content (AvgIpc) is 3.36. The van der Waals surface area contributed by atoms with Crippen LogP contribution in [0.15, 0.2) is 60.9 Å². The molecule has 3 amide bonds. The number of anilines is 3. The highest BCUT2D eigenvalue weighted by Crippen LogP contribution is 2.24. The highest BCUT2D eigenvalue weighted by molar-refractivity contribution is 6.06. The van der Waals surface area contributed by atoms with Crippen molar-refractivity contribution in [2.75, 3.05) is 28.2 Å². The predicted octanol–water partition coefficient (Wildman–Crippen LogP) is 3.00. The topological polar surface area (TPSA) is 83.4 Å². The molecule has 8 heteroatoms. The van der Waals surface area contributed by atoms with Gasteiger partial charge in [-0.25, -0.2) is 9.78 Å². The minimum absolute atomic E-state index is 0.111. The smallest absolute Gasteiger partial charge is 0.319 e. The van der Waals surface area contributed by atoms with Crippen LogP contribution in [0.4, 0.5) is 22.0 Å². The van der Waals surface area contributed by atoms with Gasteiger partial charge < -0.3 is 5.32 Å². The van der Waals surface area contributed by atoms with Gasteiger partial charge in [0.15, 0.2) is 5.69 Å². The molecule has 3 heterocycles. The molecule has 142 valence electrons. The van der Waals surface area contributed by atoms with Gasteiger partial charge in [0.25, 0.3) is 5.91 Å². The summed E-state index contributed by atoms with van der Waals surface area (Å²) in [6, 6.07) is 14.6.